The van der Waals surface area contributed by atoms with Crippen LogP contribution in [0.25, 0.3) is 0 Å². The minimum atomic E-state index is 0.580. The zero-order valence-corrected chi connectivity index (χ0v) is 10.6. The first kappa shape index (κ1) is 12.6. The van der Waals surface area contributed by atoms with Gasteiger partial charge in [-0.3, -0.25) is 10.9 Å². The van der Waals surface area contributed by atoms with E-state index in [1.807, 2.05) is 0 Å². The average molecular weight is 233 g/mol. The molecule has 1 saturated heterocycles. The summed E-state index contributed by atoms with van der Waals surface area (Å²) in [7, 11) is 0. The number of aryl methyl sites for hydroxylation is 1. The first-order valence-corrected chi connectivity index (χ1v) is 6.59. The van der Waals surface area contributed by atoms with E-state index in [0.29, 0.717) is 12.0 Å². The van der Waals surface area contributed by atoms with E-state index in [4.69, 9.17) is 0 Å². The van der Waals surface area contributed by atoms with Crippen LogP contribution in [-0.2, 0) is 6.42 Å². The van der Waals surface area contributed by atoms with Gasteiger partial charge in [0.25, 0.3) is 0 Å². The number of hydrogen-bond acceptors (Lipinski definition) is 3. The third-order valence-corrected chi connectivity index (χ3v) is 3.47. The minimum absolute atomic E-state index is 0.580. The Hall–Kier alpha value is -0.900. The van der Waals surface area contributed by atoms with Crippen molar-refractivity contribution in [1.29, 1.82) is 0 Å². The molecule has 1 fully saturated rings. The lowest BCUT2D eigenvalue weighted by molar-refractivity contribution is 0.452. The molecule has 94 valence electrons. The molecule has 0 bridgehead atoms. The number of hydrogen-bond donors (Lipinski definition) is 3. The van der Waals surface area contributed by atoms with Gasteiger partial charge in [-0.25, -0.2) is 0 Å². The third-order valence-electron chi connectivity index (χ3n) is 3.47. The Kier molecular flexibility index (Phi) is 4.98. The summed E-state index contributed by atoms with van der Waals surface area (Å²) in [6.07, 6.45) is 2.39. The molecule has 0 amide bonds. The summed E-state index contributed by atoms with van der Waals surface area (Å²) in [6.45, 7) is 5.53. The molecular weight excluding hydrogens is 210 g/mol. The van der Waals surface area contributed by atoms with Crippen LogP contribution in [0.4, 0.5) is 0 Å². The van der Waals surface area contributed by atoms with Crippen LogP contribution in [0.5, 0.6) is 0 Å². The van der Waals surface area contributed by atoms with Crippen LogP contribution in [-0.4, -0.2) is 25.7 Å². The molecule has 17 heavy (non-hydrogen) atoms. The molecule has 1 aliphatic heterocycles. The largest absolute Gasteiger partial charge is 0.316 e. The van der Waals surface area contributed by atoms with Gasteiger partial charge in [0.1, 0.15) is 0 Å². The number of benzene rings is 1. The van der Waals surface area contributed by atoms with Crippen LogP contribution in [0.1, 0.15) is 18.9 Å². The smallest absolute Gasteiger partial charge is 0.0237 e. The molecule has 3 heteroatoms. The second kappa shape index (κ2) is 6.74. The van der Waals surface area contributed by atoms with Gasteiger partial charge in [0.15, 0.2) is 0 Å². The van der Waals surface area contributed by atoms with E-state index in [9.17, 15) is 0 Å². The van der Waals surface area contributed by atoms with Crippen molar-refractivity contribution in [3.63, 3.8) is 0 Å². The summed E-state index contributed by atoms with van der Waals surface area (Å²) in [5.74, 6) is 0.715. The highest BCUT2D eigenvalue weighted by Gasteiger charge is 2.21. The lowest BCUT2D eigenvalue weighted by atomic mass is 10.0. The van der Waals surface area contributed by atoms with E-state index in [1.165, 1.54) is 18.4 Å². The normalized spacial score (nSPS) is 24.1. The second-order valence-corrected chi connectivity index (χ2v) is 4.87. The van der Waals surface area contributed by atoms with E-state index in [2.05, 4.69) is 53.4 Å². The lowest BCUT2D eigenvalue weighted by Crippen LogP contribution is -2.33. The van der Waals surface area contributed by atoms with Crippen molar-refractivity contribution in [3.05, 3.63) is 35.9 Å². The summed E-state index contributed by atoms with van der Waals surface area (Å²) in [5, 5.41) is 3.55. The van der Waals surface area contributed by atoms with Gasteiger partial charge >= 0.3 is 0 Å². The molecule has 0 saturated carbocycles. The molecule has 3 nitrogen and oxygen atoms in total. The van der Waals surface area contributed by atoms with Crippen molar-refractivity contribution in [3.8, 4) is 0 Å². The average Bonchev–Trinajstić information content (AvgIpc) is 2.76. The first-order chi connectivity index (χ1) is 8.36. The van der Waals surface area contributed by atoms with Gasteiger partial charge in [0.2, 0.25) is 0 Å². The maximum atomic E-state index is 3.55. The maximum absolute atomic E-state index is 3.55. The SMILES string of the molecule is CC1NNCC1CNCCCc1ccccc1. The van der Waals surface area contributed by atoms with Gasteiger partial charge < -0.3 is 5.32 Å². The molecule has 3 N–H and O–H groups in total. The zero-order chi connectivity index (χ0) is 11.9. The Bertz CT molecular complexity index is 313. The van der Waals surface area contributed by atoms with E-state index < -0.39 is 0 Å². The van der Waals surface area contributed by atoms with Crippen molar-refractivity contribution in [2.45, 2.75) is 25.8 Å². The number of rotatable bonds is 6. The van der Waals surface area contributed by atoms with Crippen LogP contribution >= 0.6 is 0 Å². The fourth-order valence-corrected chi connectivity index (χ4v) is 2.24. The van der Waals surface area contributed by atoms with E-state index >= 15 is 0 Å². The fraction of sp³-hybridized carbons (Fsp3) is 0.571. The Labute approximate surface area is 104 Å². The Morgan fingerprint density at radius 1 is 1.29 bits per heavy atom. The standard InChI is InChI=1S/C14H23N3/c1-12-14(11-16-17-12)10-15-9-5-8-13-6-3-2-4-7-13/h2-4,6-7,12,14-17H,5,8-11H2,1H3. The predicted molar refractivity (Wildman–Crippen MR) is 71.7 cm³/mol. The zero-order valence-electron chi connectivity index (χ0n) is 10.6. The predicted octanol–water partition coefficient (Wildman–Crippen LogP) is 1.32. The molecule has 0 spiro atoms. The highest BCUT2D eigenvalue weighted by Crippen LogP contribution is 2.05. The maximum Gasteiger partial charge on any atom is 0.0237 e. The van der Waals surface area contributed by atoms with Crippen LogP contribution < -0.4 is 16.2 Å². The van der Waals surface area contributed by atoms with Gasteiger partial charge in [-0.05, 0) is 31.9 Å². The van der Waals surface area contributed by atoms with E-state index in [-0.39, 0.29) is 0 Å². The first-order valence-electron chi connectivity index (χ1n) is 6.59. The Morgan fingerprint density at radius 3 is 2.82 bits per heavy atom. The Balaban J connectivity index is 1.55. The minimum Gasteiger partial charge on any atom is -0.316 e. The number of nitrogens with one attached hydrogen (secondary N) is 3. The molecule has 2 atom stereocenters. The van der Waals surface area contributed by atoms with Crippen LogP contribution in [0.15, 0.2) is 30.3 Å². The molecule has 1 aromatic rings. The fourth-order valence-electron chi connectivity index (χ4n) is 2.24. The van der Waals surface area contributed by atoms with Gasteiger partial charge in [0.05, 0.1) is 0 Å². The monoisotopic (exact) mass is 233 g/mol. The molecule has 2 unspecified atom stereocenters. The van der Waals surface area contributed by atoms with Crippen molar-refractivity contribution >= 4 is 0 Å². The van der Waals surface area contributed by atoms with Crippen molar-refractivity contribution in [1.82, 2.24) is 16.2 Å². The van der Waals surface area contributed by atoms with Gasteiger partial charge in [-0.1, -0.05) is 30.3 Å². The van der Waals surface area contributed by atoms with Crippen LogP contribution in [0, 0.1) is 5.92 Å². The molecule has 0 aliphatic carbocycles. The highest BCUT2D eigenvalue weighted by atomic mass is 15.4. The van der Waals surface area contributed by atoms with E-state index in [0.717, 1.165) is 19.6 Å². The summed E-state index contributed by atoms with van der Waals surface area (Å²) in [4.78, 5) is 0. The van der Waals surface area contributed by atoms with Crippen molar-refractivity contribution in [2.75, 3.05) is 19.6 Å². The van der Waals surface area contributed by atoms with Crippen LogP contribution in [0.2, 0.25) is 0 Å². The van der Waals surface area contributed by atoms with Crippen molar-refractivity contribution in [2.24, 2.45) is 5.92 Å². The summed E-state index contributed by atoms with van der Waals surface area (Å²) >= 11 is 0. The summed E-state index contributed by atoms with van der Waals surface area (Å²) in [5.41, 5.74) is 7.88. The molecule has 0 radical (unpaired) electrons. The second-order valence-electron chi connectivity index (χ2n) is 4.87. The molecule has 1 aliphatic rings. The van der Waals surface area contributed by atoms with Crippen molar-refractivity contribution < 1.29 is 0 Å². The van der Waals surface area contributed by atoms with Crippen LogP contribution in [0.3, 0.4) is 0 Å². The van der Waals surface area contributed by atoms with E-state index in [1.54, 1.807) is 0 Å². The molecule has 1 heterocycles. The number of hydrazine groups is 1. The van der Waals surface area contributed by atoms with Gasteiger partial charge in [-0.15, -0.1) is 0 Å². The Morgan fingerprint density at radius 2 is 2.12 bits per heavy atom. The van der Waals surface area contributed by atoms with Gasteiger partial charge in [0, 0.05) is 25.0 Å². The molecule has 1 aromatic carbocycles. The molecule has 2 rings (SSSR count). The topological polar surface area (TPSA) is 36.1 Å². The quantitative estimate of drug-likeness (QED) is 0.649. The van der Waals surface area contributed by atoms with Gasteiger partial charge in [-0.2, -0.15) is 0 Å². The summed E-state index contributed by atoms with van der Waals surface area (Å²) < 4.78 is 0. The molecular formula is C14H23N3. The molecule has 0 aromatic heterocycles. The lowest BCUT2D eigenvalue weighted by Gasteiger charge is -2.14. The highest BCUT2D eigenvalue weighted by molar-refractivity contribution is 5.14. The third kappa shape index (κ3) is 4.11. The summed E-state index contributed by atoms with van der Waals surface area (Å²) in [6, 6.07) is 11.3.